The number of rotatable bonds is 4. The third-order valence-corrected chi connectivity index (χ3v) is 4.43. The number of nitrogens with zero attached hydrogens (tertiary/aromatic N) is 5. The van der Waals surface area contributed by atoms with Gasteiger partial charge in [0.25, 0.3) is 11.7 Å². The minimum Gasteiger partial charge on any atom is -0.344 e. The Morgan fingerprint density at radius 1 is 1.33 bits per heavy atom. The molecule has 27 heavy (non-hydrogen) atoms. The Balaban J connectivity index is 1.44. The Bertz CT molecular complexity index is 1030. The molecule has 9 heteroatoms. The van der Waals surface area contributed by atoms with Gasteiger partial charge in [-0.05, 0) is 30.7 Å². The zero-order valence-electron chi connectivity index (χ0n) is 14.6. The number of fused-ring (bicyclic) bond motifs is 1. The molecule has 0 aliphatic carbocycles. The summed E-state index contributed by atoms with van der Waals surface area (Å²) in [4.78, 5) is 30.6. The second-order valence-corrected chi connectivity index (χ2v) is 6.54. The van der Waals surface area contributed by atoms with Crippen molar-refractivity contribution in [3.63, 3.8) is 0 Å². The summed E-state index contributed by atoms with van der Waals surface area (Å²) >= 11 is 0. The molecule has 1 aliphatic heterocycles. The summed E-state index contributed by atoms with van der Waals surface area (Å²) in [5.41, 5.74) is 1.48. The van der Waals surface area contributed by atoms with Crippen molar-refractivity contribution < 1.29 is 14.0 Å². The van der Waals surface area contributed by atoms with Crippen molar-refractivity contribution in [1.29, 1.82) is 0 Å². The van der Waals surface area contributed by atoms with Gasteiger partial charge in [-0.3, -0.25) is 14.0 Å². The summed E-state index contributed by atoms with van der Waals surface area (Å²) in [5.74, 6) is -0.387. The lowest BCUT2D eigenvalue weighted by Gasteiger charge is -2.17. The molecule has 8 nitrogen and oxygen atoms in total. The van der Waals surface area contributed by atoms with E-state index in [0.717, 1.165) is 5.69 Å². The van der Waals surface area contributed by atoms with Crippen LogP contribution >= 0.6 is 0 Å². The fourth-order valence-corrected chi connectivity index (χ4v) is 3.16. The summed E-state index contributed by atoms with van der Waals surface area (Å²) in [6, 6.07) is 7.54. The molecule has 0 spiro atoms. The van der Waals surface area contributed by atoms with Gasteiger partial charge in [0.1, 0.15) is 5.82 Å². The summed E-state index contributed by atoms with van der Waals surface area (Å²) in [6.07, 6.45) is 1.87. The maximum absolute atomic E-state index is 13.3. The second-order valence-electron chi connectivity index (χ2n) is 6.54. The Kier molecular flexibility index (Phi) is 4.27. The van der Waals surface area contributed by atoms with Gasteiger partial charge in [0.2, 0.25) is 11.7 Å². The third-order valence-electron chi connectivity index (χ3n) is 4.43. The normalized spacial score (nSPS) is 16.9. The van der Waals surface area contributed by atoms with Crippen LogP contribution in [0.1, 0.15) is 28.3 Å². The van der Waals surface area contributed by atoms with Crippen molar-refractivity contribution >= 4 is 17.6 Å². The molecule has 0 unspecified atom stereocenters. The second kappa shape index (κ2) is 6.75. The Morgan fingerprint density at radius 3 is 3.00 bits per heavy atom. The largest absolute Gasteiger partial charge is 0.344 e. The first-order valence-electron chi connectivity index (χ1n) is 8.51. The van der Waals surface area contributed by atoms with Crippen LogP contribution in [0.2, 0.25) is 0 Å². The maximum Gasteiger partial charge on any atom is 0.289 e. The standard InChI is InChI=1S/C18H17FN6O2/c1-11-5-6-25-16(22-23-18(25)20-11)17(27)21-14-8-15(26)24(10-14)9-12-3-2-4-13(19)7-12/h2-7,14H,8-10H2,1H3,(H,21,27)/t14-/m1/s1. The van der Waals surface area contributed by atoms with Gasteiger partial charge < -0.3 is 10.2 Å². The quantitative estimate of drug-likeness (QED) is 0.745. The van der Waals surface area contributed by atoms with Crippen LogP contribution in [0.4, 0.5) is 4.39 Å². The lowest BCUT2D eigenvalue weighted by atomic mass is 10.2. The highest BCUT2D eigenvalue weighted by Gasteiger charge is 2.31. The molecule has 1 saturated heterocycles. The summed E-state index contributed by atoms with van der Waals surface area (Å²) in [7, 11) is 0. The van der Waals surface area contributed by atoms with Gasteiger partial charge in [0, 0.05) is 31.4 Å². The number of likely N-dealkylation sites (tertiary alicyclic amines) is 1. The highest BCUT2D eigenvalue weighted by Crippen LogP contribution is 2.16. The summed E-state index contributed by atoms with van der Waals surface area (Å²) in [6.45, 7) is 2.49. The SMILES string of the molecule is Cc1ccn2c(C(=O)N[C@@H]3CC(=O)N(Cc4cccc(F)c4)C3)nnc2n1. The minimum absolute atomic E-state index is 0.0899. The van der Waals surface area contributed by atoms with E-state index < -0.39 is 5.91 Å². The van der Waals surface area contributed by atoms with E-state index in [2.05, 4.69) is 20.5 Å². The number of aromatic nitrogens is 4. The summed E-state index contributed by atoms with van der Waals surface area (Å²) in [5, 5.41) is 10.6. The molecular formula is C18H17FN6O2. The Labute approximate surface area is 154 Å². The monoisotopic (exact) mass is 368 g/mol. The molecule has 4 rings (SSSR count). The van der Waals surface area contributed by atoms with Gasteiger partial charge in [-0.25, -0.2) is 9.37 Å². The highest BCUT2D eigenvalue weighted by atomic mass is 19.1. The number of hydrogen-bond acceptors (Lipinski definition) is 5. The van der Waals surface area contributed by atoms with Crippen molar-refractivity contribution in [3.8, 4) is 0 Å². The van der Waals surface area contributed by atoms with Gasteiger partial charge in [-0.1, -0.05) is 12.1 Å². The van der Waals surface area contributed by atoms with E-state index in [1.165, 1.54) is 16.5 Å². The number of carbonyl (C=O) groups is 2. The number of halogens is 1. The molecule has 1 atom stereocenters. The zero-order chi connectivity index (χ0) is 19.0. The van der Waals surface area contributed by atoms with Gasteiger partial charge in [-0.2, -0.15) is 0 Å². The first kappa shape index (κ1) is 17.1. The van der Waals surface area contributed by atoms with Crippen LogP contribution in [0.3, 0.4) is 0 Å². The first-order valence-corrected chi connectivity index (χ1v) is 8.51. The van der Waals surface area contributed by atoms with E-state index in [-0.39, 0.29) is 30.0 Å². The van der Waals surface area contributed by atoms with Crippen LogP contribution in [0.5, 0.6) is 0 Å². The van der Waals surface area contributed by atoms with E-state index in [1.54, 1.807) is 29.3 Å². The molecule has 0 saturated carbocycles. The van der Waals surface area contributed by atoms with Gasteiger partial charge in [0.05, 0.1) is 6.04 Å². The maximum atomic E-state index is 13.3. The van der Waals surface area contributed by atoms with E-state index in [9.17, 15) is 14.0 Å². The highest BCUT2D eigenvalue weighted by molar-refractivity contribution is 5.92. The van der Waals surface area contributed by atoms with Crippen LogP contribution in [0.15, 0.2) is 36.5 Å². The van der Waals surface area contributed by atoms with Crippen molar-refractivity contribution in [2.45, 2.75) is 25.9 Å². The van der Waals surface area contributed by atoms with Crippen molar-refractivity contribution in [2.75, 3.05) is 6.54 Å². The van der Waals surface area contributed by atoms with E-state index in [1.807, 2.05) is 6.92 Å². The number of nitrogens with one attached hydrogen (secondary N) is 1. The minimum atomic E-state index is -0.418. The number of hydrogen-bond donors (Lipinski definition) is 1. The van der Waals surface area contributed by atoms with Crippen molar-refractivity contribution in [2.24, 2.45) is 0 Å². The third kappa shape index (κ3) is 3.48. The van der Waals surface area contributed by atoms with Gasteiger partial charge in [0.15, 0.2) is 0 Å². The van der Waals surface area contributed by atoms with Crippen molar-refractivity contribution in [3.05, 3.63) is 59.4 Å². The lowest BCUT2D eigenvalue weighted by Crippen LogP contribution is -2.37. The van der Waals surface area contributed by atoms with Crippen LogP contribution in [0.25, 0.3) is 5.78 Å². The fraction of sp³-hybridized carbons (Fsp3) is 0.278. The van der Waals surface area contributed by atoms with E-state index in [4.69, 9.17) is 0 Å². The van der Waals surface area contributed by atoms with Gasteiger partial charge >= 0.3 is 0 Å². The topological polar surface area (TPSA) is 92.5 Å². The number of benzene rings is 1. The lowest BCUT2D eigenvalue weighted by molar-refractivity contribution is -0.128. The molecule has 1 fully saturated rings. The van der Waals surface area contributed by atoms with Gasteiger partial charge in [-0.15, -0.1) is 10.2 Å². The average molecular weight is 368 g/mol. The molecular weight excluding hydrogens is 351 g/mol. The predicted molar refractivity (Wildman–Crippen MR) is 93.2 cm³/mol. The predicted octanol–water partition coefficient (Wildman–Crippen LogP) is 1.10. The molecule has 2 amide bonds. The molecule has 0 radical (unpaired) electrons. The van der Waals surface area contributed by atoms with Crippen molar-refractivity contribution in [1.82, 2.24) is 29.8 Å². The Morgan fingerprint density at radius 2 is 2.19 bits per heavy atom. The molecule has 1 aliphatic rings. The van der Waals surface area contributed by atoms with Crippen LogP contribution < -0.4 is 5.32 Å². The number of aryl methyl sites for hydroxylation is 1. The molecule has 3 heterocycles. The summed E-state index contributed by atoms with van der Waals surface area (Å²) < 4.78 is 14.8. The molecule has 1 aromatic carbocycles. The molecule has 2 aromatic heterocycles. The van der Waals surface area contributed by atoms with Crippen LogP contribution in [-0.2, 0) is 11.3 Å². The number of carbonyl (C=O) groups excluding carboxylic acids is 2. The van der Waals surface area contributed by atoms with E-state index in [0.29, 0.717) is 24.4 Å². The molecule has 0 bridgehead atoms. The van der Waals surface area contributed by atoms with E-state index >= 15 is 0 Å². The van der Waals surface area contributed by atoms with Crippen LogP contribution in [0, 0.1) is 12.7 Å². The zero-order valence-corrected chi connectivity index (χ0v) is 14.6. The number of amides is 2. The smallest absolute Gasteiger partial charge is 0.289 e. The first-order chi connectivity index (χ1) is 13.0. The van der Waals surface area contributed by atoms with Crippen LogP contribution in [-0.4, -0.2) is 48.9 Å². The molecule has 1 N–H and O–H groups in total. The fourth-order valence-electron chi connectivity index (χ4n) is 3.16. The Hall–Kier alpha value is -3.36. The molecule has 3 aromatic rings. The molecule has 138 valence electrons. The average Bonchev–Trinajstić information content (AvgIpc) is 3.18.